The summed E-state index contributed by atoms with van der Waals surface area (Å²) in [5.74, 6) is -0.540. The fourth-order valence-electron chi connectivity index (χ4n) is 1.47. The molecule has 0 saturated carbocycles. The minimum absolute atomic E-state index is 0.264. The number of quaternary nitrogens is 1. The summed E-state index contributed by atoms with van der Waals surface area (Å²) in [4.78, 5) is 11.2. The number of hydroxylamine groups is 3. The molecule has 0 saturated heterocycles. The van der Waals surface area contributed by atoms with Gasteiger partial charge in [0.25, 0.3) is 0 Å². The van der Waals surface area contributed by atoms with Crippen LogP contribution in [0, 0.1) is 5.21 Å². The highest BCUT2D eigenvalue weighted by atomic mass is 16.6. The third kappa shape index (κ3) is 6.76. The molecule has 0 aliphatic rings. The maximum absolute atomic E-state index is 11.9. The van der Waals surface area contributed by atoms with Crippen molar-refractivity contribution in [2.24, 2.45) is 0 Å². The molecule has 0 aromatic carbocycles. The van der Waals surface area contributed by atoms with Crippen molar-refractivity contribution in [1.29, 1.82) is 0 Å². The van der Waals surface area contributed by atoms with Gasteiger partial charge in [-0.25, -0.2) is 4.79 Å². The van der Waals surface area contributed by atoms with Gasteiger partial charge in [-0.2, -0.15) is 0 Å². The van der Waals surface area contributed by atoms with E-state index in [1.54, 1.807) is 6.92 Å². The first-order valence-corrected chi connectivity index (χ1v) is 5.91. The molecule has 5 heteroatoms. The molecule has 0 rings (SSSR count). The lowest BCUT2D eigenvalue weighted by atomic mass is 10.2. The number of esters is 1. The second-order valence-corrected chi connectivity index (χ2v) is 3.95. The Morgan fingerprint density at radius 2 is 2.00 bits per heavy atom. The summed E-state index contributed by atoms with van der Waals surface area (Å²) in [6.07, 6.45) is 3.86. The Balaban J connectivity index is 3.94. The Morgan fingerprint density at radius 1 is 1.31 bits per heavy atom. The molecule has 96 valence electrons. The van der Waals surface area contributed by atoms with Crippen LogP contribution in [0.1, 0.15) is 39.5 Å². The van der Waals surface area contributed by atoms with Crippen LogP contribution in [0.2, 0.25) is 0 Å². The third-order valence-electron chi connectivity index (χ3n) is 2.40. The third-order valence-corrected chi connectivity index (χ3v) is 2.40. The quantitative estimate of drug-likeness (QED) is 0.215. The van der Waals surface area contributed by atoms with Crippen molar-refractivity contribution in [3.63, 3.8) is 0 Å². The zero-order chi connectivity index (χ0) is 12.4. The van der Waals surface area contributed by atoms with Crippen LogP contribution in [-0.4, -0.2) is 42.1 Å². The molecule has 0 heterocycles. The fraction of sp³-hybridized carbons (Fsp3) is 0.909. The Labute approximate surface area is 97.2 Å². The molecule has 1 N–H and O–H groups in total. The summed E-state index contributed by atoms with van der Waals surface area (Å²) in [5.41, 5.74) is 0. The molecule has 1 unspecified atom stereocenters. The van der Waals surface area contributed by atoms with E-state index in [0.717, 1.165) is 25.7 Å². The molecule has 0 aliphatic carbocycles. The summed E-state index contributed by atoms with van der Waals surface area (Å²) in [5, 5.41) is 20.9. The van der Waals surface area contributed by atoms with Gasteiger partial charge in [-0.1, -0.05) is 19.8 Å². The van der Waals surface area contributed by atoms with Gasteiger partial charge in [0.2, 0.25) is 0 Å². The van der Waals surface area contributed by atoms with E-state index >= 15 is 0 Å². The highest BCUT2D eigenvalue weighted by Gasteiger charge is 2.20. The van der Waals surface area contributed by atoms with Gasteiger partial charge in [-0.3, -0.25) is 0 Å². The zero-order valence-corrected chi connectivity index (χ0v) is 10.3. The van der Waals surface area contributed by atoms with Crippen molar-refractivity contribution >= 4 is 5.97 Å². The van der Waals surface area contributed by atoms with Crippen LogP contribution in [-0.2, 0) is 9.53 Å². The van der Waals surface area contributed by atoms with Gasteiger partial charge in [0.05, 0.1) is 13.2 Å². The van der Waals surface area contributed by atoms with Crippen molar-refractivity contribution in [1.82, 2.24) is 0 Å². The van der Waals surface area contributed by atoms with Crippen LogP contribution < -0.4 is 0 Å². The van der Waals surface area contributed by atoms with Gasteiger partial charge in [-0.15, -0.1) is 0 Å². The topological polar surface area (TPSA) is 69.6 Å². The predicted molar refractivity (Wildman–Crippen MR) is 61.2 cm³/mol. The average molecular weight is 233 g/mol. The van der Waals surface area contributed by atoms with Crippen LogP contribution in [0.3, 0.4) is 0 Å². The molecule has 0 aliphatic heterocycles. The molecule has 0 bridgehead atoms. The lowest BCUT2D eigenvalue weighted by molar-refractivity contribution is -0.892. The van der Waals surface area contributed by atoms with Gasteiger partial charge in [0.1, 0.15) is 0 Å². The number of hydrogen-bond acceptors (Lipinski definition) is 4. The molecule has 0 fully saturated rings. The van der Waals surface area contributed by atoms with E-state index in [0.29, 0.717) is 0 Å². The van der Waals surface area contributed by atoms with Gasteiger partial charge >= 0.3 is 5.97 Å². The standard InChI is InChI=1S/C11H23NO4/c1-3-5-6-7-8-12(15,10-13)9-11(14)16-4-2/h13H,3-10H2,1-2H3. The summed E-state index contributed by atoms with van der Waals surface area (Å²) in [6.45, 7) is 3.46. The van der Waals surface area contributed by atoms with E-state index in [1.807, 2.05) is 0 Å². The van der Waals surface area contributed by atoms with Crippen molar-refractivity contribution in [2.75, 3.05) is 26.4 Å². The maximum Gasteiger partial charge on any atom is 0.362 e. The minimum atomic E-state index is -0.886. The first-order chi connectivity index (χ1) is 7.58. The first kappa shape index (κ1) is 15.3. The zero-order valence-electron chi connectivity index (χ0n) is 10.3. The number of aliphatic hydroxyl groups excluding tert-OH is 1. The molecule has 1 atom stereocenters. The predicted octanol–water partition coefficient (Wildman–Crippen LogP) is 1.39. The van der Waals surface area contributed by atoms with Crippen molar-refractivity contribution in [2.45, 2.75) is 39.5 Å². The lowest BCUT2D eigenvalue weighted by Gasteiger charge is -2.39. The molecular formula is C11H23NO4. The smallest absolute Gasteiger partial charge is 0.362 e. The van der Waals surface area contributed by atoms with Gasteiger partial charge in [0.15, 0.2) is 13.3 Å². The molecule has 0 aromatic rings. The number of carbonyl (C=O) groups is 1. The molecular weight excluding hydrogens is 210 g/mol. The van der Waals surface area contributed by atoms with Crippen molar-refractivity contribution < 1.29 is 19.3 Å². The molecule has 0 amide bonds. The Kier molecular flexibility index (Phi) is 8.15. The van der Waals surface area contributed by atoms with E-state index in [1.165, 1.54) is 0 Å². The first-order valence-electron chi connectivity index (χ1n) is 5.91. The highest BCUT2D eigenvalue weighted by Crippen LogP contribution is 2.08. The Hall–Kier alpha value is -0.650. The number of ether oxygens (including phenoxy) is 1. The number of unbranched alkanes of at least 4 members (excludes halogenated alkanes) is 3. The highest BCUT2D eigenvalue weighted by molar-refractivity contribution is 5.70. The summed E-state index contributed by atoms with van der Waals surface area (Å²) >= 11 is 0. The Morgan fingerprint density at radius 3 is 2.50 bits per heavy atom. The molecule has 0 radical (unpaired) electrons. The fourth-order valence-corrected chi connectivity index (χ4v) is 1.47. The SMILES string of the molecule is CCCCCC[N+]([O-])(CO)CC(=O)OCC. The number of carbonyl (C=O) groups excluding carboxylic acids is 1. The summed E-state index contributed by atoms with van der Waals surface area (Å²) in [6, 6.07) is 0. The van der Waals surface area contributed by atoms with E-state index in [-0.39, 0.29) is 19.7 Å². The van der Waals surface area contributed by atoms with E-state index in [4.69, 9.17) is 9.84 Å². The second kappa shape index (κ2) is 8.50. The number of rotatable bonds is 9. The number of hydrogen-bond donors (Lipinski definition) is 1. The number of aliphatic hydroxyl groups is 1. The van der Waals surface area contributed by atoms with Crippen LogP contribution in [0.5, 0.6) is 0 Å². The normalized spacial score (nSPS) is 14.5. The molecule has 0 spiro atoms. The van der Waals surface area contributed by atoms with E-state index in [2.05, 4.69) is 6.92 Å². The average Bonchev–Trinajstić information content (AvgIpc) is 2.25. The van der Waals surface area contributed by atoms with Gasteiger partial charge in [0, 0.05) is 0 Å². The summed E-state index contributed by atoms with van der Waals surface area (Å²) < 4.78 is 3.81. The largest absolute Gasteiger partial charge is 0.631 e. The molecule has 0 aromatic heterocycles. The summed E-state index contributed by atoms with van der Waals surface area (Å²) in [7, 11) is 0. The van der Waals surface area contributed by atoms with Gasteiger partial charge < -0.3 is 19.7 Å². The van der Waals surface area contributed by atoms with Crippen molar-refractivity contribution in [3.05, 3.63) is 5.21 Å². The van der Waals surface area contributed by atoms with Crippen LogP contribution >= 0.6 is 0 Å². The Bertz CT molecular complexity index is 198. The van der Waals surface area contributed by atoms with Crippen molar-refractivity contribution in [3.8, 4) is 0 Å². The minimum Gasteiger partial charge on any atom is -0.631 e. The molecule has 5 nitrogen and oxygen atoms in total. The number of nitrogens with zero attached hydrogens (tertiary/aromatic N) is 1. The van der Waals surface area contributed by atoms with Crippen LogP contribution in [0.15, 0.2) is 0 Å². The monoisotopic (exact) mass is 233 g/mol. The lowest BCUT2D eigenvalue weighted by Crippen LogP contribution is -2.47. The second-order valence-electron chi connectivity index (χ2n) is 3.95. The van der Waals surface area contributed by atoms with Gasteiger partial charge in [-0.05, 0) is 19.8 Å². The molecule has 16 heavy (non-hydrogen) atoms. The maximum atomic E-state index is 11.9. The van der Waals surface area contributed by atoms with E-state index < -0.39 is 17.3 Å². The van der Waals surface area contributed by atoms with Crippen LogP contribution in [0.4, 0.5) is 0 Å². The van der Waals surface area contributed by atoms with E-state index in [9.17, 15) is 10.0 Å². The van der Waals surface area contributed by atoms with Crippen LogP contribution in [0.25, 0.3) is 0 Å².